The predicted molar refractivity (Wildman–Crippen MR) is 81.9 cm³/mol. The molecular formula is C17H17BrO. The second-order valence-corrected chi connectivity index (χ2v) is 6.11. The van der Waals surface area contributed by atoms with Crippen molar-refractivity contribution in [1.29, 1.82) is 0 Å². The first kappa shape index (κ1) is 12.7. The molecule has 0 aliphatic carbocycles. The van der Waals surface area contributed by atoms with Gasteiger partial charge in [-0.1, -0.05) is 64.5 Å². The normalized spacial score (nSPS) is 18.7. The smallest absolute Gasteiger partial charge is 0.123 e. The van der Waals surface area contributed by atoms with Crippen LogP contribution < -0.4 is 4.74 Å². The molecule has 0 saturated heterocycles. The second-order valence-electron chi connectivity index (χ2n) is 5.01. The molecule has 2 atom stereocenters. The standard InChI is InChI=1S/C17H17BrO/c18-16(13-6-2-1-3-7-13)11-10-15-12-14-8-4-5-9-17(14)19-15/h1-9,15-16H,10-12H2. The number of rotatable bonds is 4. The van der Waals surface area contributed by atoms with Crippen molar-refractivity contribution in [1.82, 2.24) is 0 Å². The van der Waals surface area contributed by atoms with Gasteiger partial charge in [0, 0.05) is 11.2 Å². The summed E-state index contributed by atoms with van der Waals surface area (Å²) in [5.41, 5.74) is 2.69. The maximum Gasteiger partial charge on any atom is 0.123 e. The van der Waals surface area contributed by atoms with E-state index in [9.17, 15) is 0 Å². The van der Waals surface area contributed by atoms with Gasteiger partial charge in [0.05, 0.1) is 0 Å². The van der Waals surface area contributed by atoms with Crippen molar-refractivity contribution in [3.63, 3.8) is 0 Å². The SMILES string of the molecule is BrC(CCC1Cc2ccccc2O1)c1ccccc1. The molecule has 2 aromatic carbocycles. The van der Waals surface area contributed by atoms with E-state index in [1.54, 1.807) is 0 Å². The molecule has 19 heavy (non-hydrogen) atoms. The highest BCUT2D eigenvalue weighted by Crippen LogP contribution is 2.33. The summed E-state index contributed by atoms with van der Waals surface area (Å²) < 4.78 is 5.97. The Balaban J connectivity index is 1.55. The molecule has 98 valence electrons. The Bertz CT molecular complexity index is 513. The Kier molecular flexibility index (Phi) is 3.88. The van der Waals surface area contributed by atoms with Gasteiger partial charge in [-0.2, -0.15) is 0 Å². The fraction of sp³-hybridized carbons (Fsp3) is 0.294. The topological polar surface area (TPSA) is 9.23 Å². The van der Waals surface area contributed by atoms with Crippen LogP contribution in [0.1, 0.15) is 28.8 Å². The third-order valence-electron chi connectivity index (χ3n) is 3.62. The van der Waals surface area contributed by atoms with Gasteiger partial charge in [0.2, 0.25) is 0 Å². The van der Waals surface area contributed by atoms with E-state index in [2.05, 4.69) is 64.5 Å². The number of fused-ring (bicyclic) bond motifs is 1. The van der Waals surface area contributed by atoms with Crippen molar-refractivity contribution in [3.05, 3.63) is 65.7 Å². The lowest BCUT2D eigenvalue weighted by molar-refractivity contribution is 0.218. The molecule has 0 bridgehead atoms. The number of hydrogen-bond acceptors (Lipinski definition) is 1. The third-order valence-corrected chi connectivity index (χ3v) is 4.60. The summed E-state index contributed by atoms with van der Waals surface area (Å²) in [6.07, 6.45) is 3.56. The van der Waals surface area contributed by atoms with Crippen LogP contribution in [0.3, 0.4) is 0 Å². The Labute approximate surface area is 122 Å². The largest absolute Gasteiger partial charge is 0.490 e. The summed E-state index contributed by atoms with van der Waals surface area (Å²) in [5, 5.41) is 0. The minimum atomic E-state index is 0.334. The first-order valence-corrected chi connectivity index (χ1v) is 7.68. The minimum absolute atomic E-state index is 0.334. The molecule has 0 aromatic heterocycles. The first-order valence-electron chi connectivity index (χ1n) is 6.76. The van der Waals surface area contributed by atoms with Crippen LogP contribution in [0.25, 0.3) is 0 Å². The lowest BCUT2D eigenvalue weighted by Crippen LogP contribution is -2.13. The second kappa shape index (κ2) is 5.79. The van der Waals surface area contributed by atoms with E-state index < -0.39 is 0 Å². The van der Waals surface area contributed by atoms with Gasteiger partial charge < -0.3 is 4.74 Å². The summed E-state index contributed by atoms with van der Waals surface area (Å²) >= 11 is 3.77. The van der Waals surface area contributed by atoms with Gasteiger partial charge in [-0.3, -0.25) is 0 Å². The van der Waals surface area contributed by atoms with Crippen molar-refractivity contribution in [3.8, 4) is 5.75 Å². The molecule has 1 aliphatic rings. The molecule has 1 nitrogen and oxygen atoms in total. The number of alkyl halides is 1. The van der Waals surface area contributed by atoms with Crippen molar-refractivity contribution < 1.29 is 4.74 Å². The molecule has 3 rings (SSSR count). The van der Waals surface area contributed by atoms with Gasteiger partial charge in [0.1, 0.15) is 11.9 Å². The average Bonchev–Trinajstić information content (AvgIpc) is 2.88. The fourth-order valence-electron chi connectivity index (χ4n) is 2.58. The molecule has 2 unspecified atom stereocenters. The quantitative estimate of drug-likeness (QED) is 0.728. The molecule has 0 N–H and O–H groups in total. The van der Waals surface area contributed by atoms with Crippen molar-refractivity contribution >= 4 is 15.9 Å². The summed E-state index contributed by atoms with van der Waals surface area (Å²) in [4.78, 5) is 0.418. The summed E-state index contributed by atoms with van der Waals surface area (Å²) in [7, 11) is 0. The van der Waals surface area contributed by atoms with Crippen LogP contribution in [-0.4, -0.2) is 6.10 Å². The summed E-state index contributed by atoms with van der Waals surface area (Å²) in [6, 6.07) is 18.9. The zero-order valence-electron chi connectivity index (χ0n) is 10.8. The summed E-state index contributed by atoms with van der Waals surface area (Å²) in [6.45, 7) is 0. The van der Waals surface area contributed by atoms with Crippen molar-refractivity contribution in [2.45, 2.75) is 30.2 Å². The molecule has 0 spiro atoms. The average molecular weight is 317 g/mol. The van der Waals surface area contributed by atoms with Crippen LogP contribution in [0, 0.1) is 0 Å². The Hall–Kier alpha value is -1.28. The minimum Gasteiger partial charge on any atom is -0.490 e. The fourth-order valence-corrected chi connectivity index (χ4v) is 3.15. The Morgan fingerprint density at radius 1 is 1.05 bits per heavy atom. The van der Waals surface area contributed by atoms with Gasteiger partial charge in [0.25, 0.3) is 0 Å². The number of benzene rings is 2. The Morgan fingerprint density at radius 3 is 2.58 bits per heavy atom. The number of para-hydroxylation sites is 1. The van der Waals surface area contributed by atoms with Crippen LogP contribution in [0.15, 0.2) is 54.6 Å². The van der Waals surface area contributed by atoms with Crippen LogP contribution in [0.2, 0.25) is 0 Å². The molecule has 1 heterocycles. The summed E-state index contributed by atoms with van der Waals surface area (Å²) in [5.74, 6) is 1.07. The Morgan fingerprint density at radius 2 is 1.79 bits per heavy atom. The van der Waals surface area contributed by atoms with Gasteiger partial charge in [-0.15, -0.1) is 0 Å². The number of halogens is 1. The molecule has 1 aliphatic heterocycles. The van der Waals surface area contributed by atoms with E-state index in [0.717, 1.165) is 25.0 Å². The van der Waals surface area contributed by atoms with Gasteiger partial charge in [-0.05, 0) is 30.0 Å². The predicted octanol–water partition coefficient (Wildman–Crippen LogP) is 4.91. The first-order chi connectivity index (χ1) is 9.33. The third kappa shape index (κ3) is 3.01. The lowest BCUT2D eigenvalue weighted by atomic mass is 10.0. The zero-order valence-corrected chi connectivity index (χ0v) is 12.3. The van der Waals surface area contributed by atoms with E-state index in [1.165, 1.54) is 11.1 Å². The monoisotopic (exact) mass is 316 g/mol. The van der Waals surface area contributed by atoms with Gasteiger partial charge in [0.15, 0.2) is 0 Å². The molecule has 0 saturated carbocycles. The van der Waals surface area contributed by atoms with E-state index in [0.29, 0.717) is 10.9 Å². The van der Waals surface area contributed by atoms with Crippen LogP contribution in [0.4, 0.5) is 0 Å². The number of ether oxygens (including phenoxy) is 1. The van der Waals surface area contributed by atoms with Gasteiger partial charge in [-0.25, -0.2) is 0 Å². The molecule has 0 fully saturated rings. The lowest BCUT2D eigenvalue weighted by Gasteiger charge is -2.14. The van der Waals surface area contributed by atoms with Gasteiger partial charge >= 0.3 is 0 Å². The molecule has 2 heteroatoms. The maximum absolute atomic E-state index is 5.97. The zero-order chi connectivity index (χ0) is 13.1. The highest BCUT2D eigenvalue weighted by molar-refractivity contribution is 9.09. The number of hydrogen-bond donors (Lipinski definition) is 0. The molecule has 0 radical (unpaired) electrons. The van der Waals surface area contributed by atoms with Crippen LogP contribution >= 0.6 is 15.9 Å². The van der Waals surface area contributed by atoms with Crippen molar-refractivity contribution in [2.75, 3.05) is 0 Å². The van der Waals surface area contributed by atoms with Crippen molar-refractivity contribution in [2.24, 2.45) is 0 Å². The maximum atomic E-state index is 5.97. The van der Waals surface area contributed by atoms with E-state index >= 15 is 0 Å². The highest BCUT2D eigenvalue weighted by atomic mass is 79.9. The van der Waals surface area contributed by atoms with E-state index in [1.807, 2.05) is 6.07 Å². The van der Waals surface area contributed by atoms with E-state index in [-0.39, 0.29) is 0 Å². The van der Waals surface area contributed by atoms with Crippen LogP contribution in [0.5, 0.6) is 5.75 Å². The van der Waals surface area contributed by atoms with Crippen LogP contribution in [-0.2, 0) is 6.42 Å². The molecule has 0 amide bonds. The molecule has 2 aromatic rings. The molecular weight excluding hydrogens is 300 g/mol. The highest BCUT2D eigenvalue weighted by Gasteiger charge is 2.22. The van der Waals surface area contributed by atoms with E-state index in [4.69, 9.17) is 4.74 Å².